The number of sulfonamides is 1. The molecule has 21 heavy (non-hydrogen) atoms. The highest BCUT2D eigenvalue weighted by Gasteiger charge is 2.31. The Morgan fingerprint density at radius 3 is 2.48 bits per heavy atom. The number of nitrogens with one attached hydrogen (secondary N) is 1. The molecule has 0 aromatic heterocycles. The minimum atomic E-state index is -4.88. The van der Waals surface area contributed by atoms with Gasteiger partial charge in [-0.25, -0.2) is 8.42 Å². The Bertz CT molecular complexity index is 582. The number of hydrogen-bond acceptors (Lipinski definition) is 4. The molecule has 5 nitrogen and oxygen atoms in total. The van der Waals surface area contributed by atoms with E-state index < -0.39 is 22.1 Å². The van der Waals surface area contributed by atoms with Crippen LogP contribution in [0.3, 0.4) is 0 Å². The van der Waals surface area contributed by atoms with Crippen molar-refractivity contribution in [3.05, 3.63) is 24.3 Å². The highest BCUT2D eigenvalue weighted by molar-refractivity contribution is 7.89. The van der Waals surface area contributed by atoms with Gasteiger partial charge in [0, 0.05) is 6.07 Å². The molecule has 0 saturated heterocycles. The topological polar surface area (TPSA) is 64.6 Å². The molecule has 1 N–H and O–H groups in total. The SMILES string of the molecule is O=S(=O)(NOC1CCCC1)c1cccc(OC(F)(F)F)c1. The van der Waals surface area contributed by atoms with Crippen molar-refractivity contribution in [1.29, 1.82) is 0 Å². The van der Waals surface area contributed by atoms with Crippen molar-refractivity contribution in [2.24, 2.45) is 0 Å². The molecule has 0 aliphatic heterocycles. The van der Waals surface area contributed by atoms with E-state index in [1.54, 1.807) is 0 Å². The van der Waals surface area contributed by atoms with Crippen LogP contribution in [0.4, 0.5) is 13.2 Å². The Hall–Kier alpha value is -1.32. The Morgan fingerprint density at radius 1 is 1.19 bits per heavy atom. The lowest BCUT2D eigenvalue weighted by molar-refractivity contribution is -0.274. The van der Waals surface area contributed by atoms with Gasteiger partial charge in [-0.15, -0.1) is 13.2 Å². The predicted octanol–water partition coefficient (Wildman–Crippen LogP) is 2.74. The molecule has 0 radical (unpaired) electrons. The van der Waals surface area contributed by atoms with Crippen LogP contribution >= 0.6 is 0 Å². The standard InChI is InChI=1S/C12H14F3NO4S/c13-12(14,15)19-10-6-3-7-11(8-10)21(17,18)16-20-9-4-1-2-5-9/h3,6-9,16H,1-2,4-5H2. The van der Waals surface area contributed by atoms with Crippen LogP contribution in [-0.4, -0.2) is 20.9 Å². The average molecular weight is 325 g/mol. The molecule has 0 atom stereocenters. The molecule has 1 aromatic carbocycles. The quantitative estimate of drug-likeness (QED) is 0.846. The molecule has 0 unspecified atom stereocenters. The molecule has 1 saturated carbocycles. The third kappa shape index (κ3) is 4.87. The molecule has 2 rings (SSSR count). The van der Waals surface area contributed by atoms with Crippen molar-refractivity contribution in [2.75, 3.05) is 0 Å². The Morgan fingerprint density at radius 2 is 1.86 bits per heavy atom. The molecular weight excluding hydrogens is 311 g/mol. The van der Waals surface area contributed by atoms with E-state index in [2.05, 4.69) is 4.74 Å². The number of hydrogen-bond donors (Lipinski definition) is 1. The zero-order chi connectivity index (χ0) is 15.5. The van der Waals surface area contributed by atoms with Crippen molar-refractivity contribution in [1.82, 2.24) is 4.89 Å². The lowest BCUT2D eigenvalue weighted by atomic mass is 10.3. The summed E-state index contributed by atoms with van der Waals surface area (Å²) in [6.07, 6.45) is -1.66. The van der Waals surface area contributed by atoms with Gasteiger partial charge in [0.2, 0.25) is 0 Å². The van der Waals surface area contributed by atoms with Gasteiger partial charge in [-0.05, 0) is 25.0 Å². The van der Waals surface area contributed by atoms with Crippen LogP contribution in [0, 0.1) is 0 Å². The fourth-order valence-corrected chi connectivity index (χ4v) is 2.91. The van der Waals surface area contributed by atoms with Crippen LogP contribution in [0.2, 0.25) is 0 Å². The first kappa shape index (κ1) is 16.1. The van der Waals surface area contributed by atoms with Crippen molar-refractivity contribution in [2.45, 2.75) is 43.0 Å². The highest BCUT2D eigenvalue weighted by atomic mass is 32.2. The third-order valence-electron chi connectivity index (χ3n) is 2.98. The Balaban J connectivity index is 2.06. The van der Waals surface area contributed by atoms with Crippen LogP contribution in [0.25, 0.3) is 0 Å². The summed E-state index contributed by atoms with van der Waals surface area (Å²) in [5.74, 6) is -0.605. The summed E-state index contributed by atoms with van der Waals surface area (Å²) in [5.41, 5.74) is 0. The van der Waals surface area contributed by atoms with Crippen LogP contribution in [0.5, 0.6) is 5.75 Å². The van der Waals surface area contributed by atoms with E-state index in [0.717, 1.165) is 49.9 Å². The first-order chi connectivity index (χ1) is 9.76. The largest absolute Gasteiger partial charge is 0.573 e. The maximum Gasteiger partial charge on any atom is 0.573 e. The van der Waals surface area contributed by atoms with E-state index in [0.29, 0.717) is 0 Å². The number of alkyl halides is 3. The van der Waals surface area contributed by atoms with Crippen molar-refractivity contribution < 1.29 is 31.2 Å². The van der Waals surface area contributed by atoms with E-state index in [9.17, 15) is 21.6 Å². The van der Waals surface area contributed by atoms with Crippen molar-refractivity contribution >= 4 is 10.0 Å². The molecular formula is C12H14F3NO4S. The first-order valence-electron chi connectivity index (χ1n) is 6.29. The van der Waals surface area contributed by atoms with Gasteiger partial charge in [0.05, 0.1) is 11.0 Å². The summed E-state index contributed by atoms with van der Waals surface area (Å²) in [4.78, 5) is 6.65. The van der Waals surface area contributed by atoms with E-state index >= 15 is 0 Å². The van der Waals surface area contributed by atoms with Gasteiger partial charge >= 0.3 is 6.36 Å². The maximum absolute atomic E-state index is 12.1. The smallest absolute Gasteiger partial charge is 0.406 e. The maximum atomic E-state index is 12.1. The summed E-state index contributed by atoms with van der Waals surface area (Å²) < 4.78 is 63.9. The average Bonchev–Trinajstić information content (AvgIpc) is 2.88. The van der Waals surface area contributed by atoms with Crippen molar-refractivity contribution in [3.63, 3.8) is 0 Å². The van der Waals surface area contributed by atoms with Gasteiger partial charge < -0.3 is 4.74 Å². The fourth-order valence-electron chi connectivity index (χ4n) is 2.02. The van der Waals surface area contributed by atoms with Crippen LogP contribution in [0.15, 0.2) is 29.2 Å². The summed E-state index contributed by atoms with van der Waals surface area (Å²) in [7, 11) is -4.05. The first-order valence-corrected chi connectivity index (χ1v) is 7.78. The summed E-state index contributed by atoms with van der Waals surface area (Å²) in [6, 6.07) is 4.12. The molecule has 1 aliphatic rings. The summed E-state index contributed by atoms with van der Waals surface area (Å²) >= 11 is 0. The number of benzene rings is 1. The third-order valence-corrected chi connectivity index (χ3v) is 4.17. The van der Waals surface area contributed by atoms with E-state index in [1.807, 2.05) is 4.89 Å². The van der Waals surface area contributed by atoms with E-state index in [4.69, 9.17) is 4.84 Å². The molecule has 0 amide bonds. The fraction of sp³-hybridized carbons (Fsp3) is 0.500. The minimum absolute atomic E-state index is 0.200. The van der Waals surface area contributed by atoms with Crippen LogP contribution in [-0.2, 0) is 14.9 Å². The number of ether oxygens (including phenoxy) is 1. The monoisotopic (exact) mass is 325 g/mol. The second kappa shape index (κ2) is 6.20. The number of halogens is 3. The summed E-state index contributed by atoms with van der Waals surface area (Å²) in [6.45, 7) is 0. The van der Waals surface area contributed by atoms with Crippen molar-refractivity contribution in [3.8, 4) is 5.75 Å². The van der Waals surface area contributed by atoms with Gasteiger partial charge in [-0.2, -0.15) is 0 Å². The van der Waals surface area contributed by atoms with Gasteiger partial charge in [-0.3, -0.25) is 4.84 Å². The number of rotatable bonds is 5. The van der Waals surface area contributed by atoms with Crippen LogP contribution in [0.1, 0.15) is 25.7 Å². The lowest BCUT2D eigenvalue weighted by Gasteiger charge is -2.13. The zero-order valence-electron chi connectivity index (χ0n) is 10.9. The molecule has 0 bridgehead atoms. The molecule has 1 aromatic rings. The Kier molecular flexibility index (Phi) is 4.74. The lowest BCUT2D eigenvalue weighted by Crippen LogP contribution is -2.28. The van der Waals surface area contributed by atoms with Gasteiger partial charge in [0.1, 0.15) is 5.75 Å². The molecule has 118 valence electrons. The molecule has 1 aliphatic carbocycles. The normalized spacial score (nSPS) is 17.1. The molecule has 0 spiro atoms. The van der Waals surface area contributed by atoms with Gasteiger partial charge in [0.25, 0.3) is 10.0 Å². The second-order valence-corrected chi connectivity index (χ2v) is 6.28. The van der Waals surface area contributed by atoms with Gasteiger partial charge in [-0.1, -0.05) is 23.8 Å². The van der Waals surface area contributed by atoms with Crippen LogP contribution < -0.4 is 9.62 Å². The second-order valence-electron chi connectivity index (χ2n) is 4.63. The van der Waals surface area contributed by atoms with E-state index in [-0.39, 0.29) is 11.0 Å². The molecule has 0 heterocycles. The zero-order valence-corrected chi connectivity index (χ0v) is 11.7. The molecule has 1 fully saturated rings. The minimum Gasteiger partial charge on any atom is -0.406 e. The van der Waals surface area contributed by atoms with Gasteiger partial charge in [0.15, 0.2) is 0 Å². The Labute approximate surface area is 120 Å². The molecule has 9 heteroatoms. The van der Waals surface area contributed by atoms with E-state index in [1.165, 1.54) is 0 Å². The predicted molar refractivity (Wildman–Crippen MR) is 66.8 cm³/mol. The summed E-state index contributed by atoms with van der Waals surface area (Å²) in [5, 5.41) is 0. The highest BCUT2D eigenvalue weighted by Crippen LogP contribution is 2.25.